The molecule has 128 valence electrons. The Bertz CT molecular complexity index is 860. The molecule has 0 atom stereocenters. The molecule has 0 aliphatic carbocycles. The molecule has 0 amide bonds. The molecule has 0 saturated carbocycles. The lowest BCUT2D eigenvalue weighted by Gasteiger charge is -2.15. The Labute approximate surface area is 155 Å². The van der Waals surface area contributed by atoms with Gasteiger partial charge >= 0.3 is 5.97 Å². The molecule has 0 bridgehead atoms. The zero-order valence-corrected chi connectivity index (χ0v) is 15.6. The fraction of sp³-hybridized carbons (Fsp3) is 0.200. The summed E-state index contributed by atoms with van der Waals surface area (Å²) in [6.07, 6.45) is 4.32. The first-order valence-electron chi connectivity index (χ1n) is 8.16. The van der Waals surface area contributed by atoms with Crippen molar-refractivity contribution in [1.82, 2.24) is 9.78 Å². The third-order valence-electron chi connectivity index (χ3n) is 4.02. The number of nitrogens with zero attached hydrogens (tertiary/aromatic N) is 2. The summed E-state index contributed by atoms with van der Waals surface area (Å²) < 4.78 is 7.06. The van der Waals surface area contributed by atoms with Crippen LogP contribution in [0, 0.1) is 0 Å². The average Bonchev–Trinajstić information content (AvgIpc) is 3.17. The molecule has 4 nitrogen and oxygen atoms in total. The smallest absolute Gasteiger partial charge is 0.338 e. The molecule has 2 aromatic carbocycles. The molecule has 0 aliphatic heterocycles. The first-order valence-corrected chi connectivity index (χ1v) is 9.28. The molecule has 0 spiro atoms. The largest absolute Gasteiger partial charge is 0.462 e. The van der Waals surface area contributed by atoms with E-state index >= 15 is 0 Å². The highest BCUT2D eigenvalue weighted by Crippen LogP contribution is 2.25. The quantitative estimate of drug-likeness (QED) is 0.452. The highest BCUT2D eigenvalue weighted by atomic mass is 79.9. The normalized spacial score (nSPS) is 10.6. The summed E-state index contributed by atoms with van der Waals surface area (Å²) in [6, 6.07) is 15.7. The van der Waals surface area contributed by atoms with E-state index in [1.54, 1.807) is 6.20 Å². The first-order chi connectivity index (χ1) is 12.2. The molecular formula is C20H19BrN2O2. The van der Waals surface area contributed by atoms with Crippen LogP contribution in [-0.2, 0) is 16.5 Å². The fourth-order valence-electron chi connectivity index (χ4n) is 2.85. The van der Waals surface area contributed by atoms with E-state index in [0.29, 0.717) is 18.6 Å². The Morgan fingerprint density at radius 3 is 2.64 bits per heavy atom. The monoisotopic (exact) mass is 398 g/mol. The van der Waals surface area contributed by atoms with Gasteiger partial charge in [0.05, 0.1) is 17.9 Å². The summed E-state index contributed by atoms with van der Waals surface area (Å²) in [5.41, 5.74) is 4.88. The van der Waals surface area contributed by atoms with Gasteiger partial charge in [-0.05, 0) is 41.8 Å². The van der Waals surface area contributed by atoms with Gasteiger partial charge in [0.1, 0.15) is 0 Å². The number of benzene rings is 2. The van der Waals surface area contributed by atoms with Crippen molar-refractivity contribution in [2.75, 3.05) is 6.61 Å². The van der Waals surface area contributed by atoms with E-state index in [2.05, 4.69) is 27.1 Å². The van der Waals surface area contributed by atoms with Gasteiger partial charge in [-0.1, -0.05) is 46.3 Å². The SMILES string of the molecule is CCOC(=O)c1ccccc1Cc1c(CBr)cccc1-n1cccn1. The van der Waals surface area contributed by atoms with Gasteiger partial charge in [-0.15, -0.1) is 0 Å². The van der Waals surface area contributed by atoms with E-state index in [-0.39, 0.29) is 5.97 Å². The topological polar surface area (TPSA) is 44.1 Å². The van der Waals surface area contributed by atoms with E-state index in [4.69, 9.17) is 4.74 Å². The fourth-order valence-corrected chi connectivity index (χ4v) is 3.37. The maximum Gasteiger partial charge on any atom is 0.338 e. The molecule has 1 heterocycles. The molecule has 0 aliphatic rings. The zero-order chi connectivity index (χ0) is 17.6. The second kappa shape index (κ2) is 8.12. The molecule has 1 aromatic heterocycles. The van der Waals surface area contributed by atoms with Crippen LogP contribution >= 0.6 is 15.9 Å². The Morgan fingerprint density at radius 2 is 1.92 bits per heavy atom. The number of rotatable bonds is 6. The van der Waals surface area contributed by atoms with E-state index in [0.717, 1.165) is 22.1 Å². The number of hydrogen-bond donors (Lipinski definition) is 0. The second-order valence-corrected chi connectivity index (χ2v) is 6.11. The van der Waals surface area contributed by atoms with E-state index in [1.807, 2.05) is 60.3 Å². The van der Waals surface area contributed by atoms with Crippen molar-refractivity contribution < 1.29 is 9.53 Å². The number of alkyl halides is 1. The summed E-state index contributed by atoms with van der Waals surface area (Å²) in [5, 5.41) is 5.10. The number of aromatic nitrogens is 2. The second-order valence-electron chi connectivity index (χ2n) is 5.55. The van der Waals surface area contributed by atoms with Crippen molar-refractivity contribution in [2.24, 2.45) is 0 Å². The number of carbonyl (C=O) groups is 1. The molecular weight excluding hydrogens is 380 g/mol. The summed E-state index contributed by atoms with van der Waals surface area (Å²) in [4.78, 5) is 12.3. The summed E-state index contributed by atoms with van der Waals surface area (Å²) in [5.74, 6) is -0.282. The van der Waals surface area contributed by atoms with Gasteiger partial charge in [-0.3, -0.25) is 0 Å². The number of carbonyl (C=O) groups excluding carboxylic acids is 1. The average molecular weight is 399 g/mol. The van der Waals surface area contributed by atoms with Crippen molar-refractivity contribution in [2.45, 2.75) is 18.7 Å². The lowest BCUT2D eigenvalue weighted by atomic mass is 9.95. The van der Waals surface area contributed by atoms with Crippen LogP contribution in [0.15, 0.2) is 60.9 Å². The summed E-state index contributed by atoms with van der Waals surface area (Å²) in [6.45, 7) is 2.18. The van der Waals surface area contributed by atoms with Crippen LogP contribution in [0.25, 0.3) is 5.69 Å². The highest BCUT2D eigenvalue weighted by Gasteiger charge is 2.16. The van der Waals surface area contributed by atoms with E-state index in [9.17, 15) is 4.79 Å². The molecule has 0 saturated heterocycles. The minimum atomic E-state index is -0.282. The van der Waals surface area contributed by atoms with Gasteiger partial charge in [0.25, 0.3) is 0 Å². The minimum absolute atomic E-state index is 0.282. The highest BCUT2D eigenvalue weighted by molar-refractivity contribution is 9.08. The van der Waals surface area contributed by atoms with Crippen LogP contribution in [-0.4, -0.2) is 22.4 Å². The maximum atomic E-state index is 12.3. The number of ether oxygens (including phenoxy) is 1. The van der Waals surface area contributed by atoms with Crippen molar-refractivity contribution in [3.05, 3.63) is 83.2 Å². The van der Waals surface area contributed by atoms with E-state index < -0.39 is 0 Å². The standard InChI is InChI=1S/C20H19BrN2O2/c1-2-25-20(24)17-9-4-3-7-15(17)13-18-16(14-21)8-5-10-19(18)23-12-6-11-22-23/h3-12H,2,13-14H2,1H3. The Balaban J connectivity index is 2.06. The molecule has 5 heteroatoms. The van der Waals surface area contributed by atoms with Gasteiger partial charge in [-0.2, -0.15) is 5.10 Å². The third kappa shape index (κ3) is 3.82. The predicted molar refractivity (Wildman–Crippen MR) is 101 cm³/mol. The van der Waals surface area contributed by atoms with Crippen molar-refractivity contribution in [1.29, 1.82) is 0 Å². The van der Waals surface area contributed by atoms with Crippen LogP contribution < -0.4 is 0 Å². The first kappa shape index (κ1) is 17.4. The Morgan fingerprint density at radius 1 is 1.12 bits per heavy atom. The maximum absolute atomic E-state index is 12.3. The number of halogens is 1. The molecule has 25 heavy (non-hydrogen) atoms. The number of hydrogen-bond acceptors (Lipinski definition) is 3. The van der Waals surface area contributed by atoms with Crippen molar-refractivity contribution in [3.63, 3.8) is 0 Å². The lowest BCUT2D eigenvalue weighted by molar-refractivity contribution is 0.0525. The lowest BCUT2D eigenvalue weighted by Crippen LogP contribution is -2.10. The molecule has 3 rings (SSSR count). The van der Waals surface area contributed by atoms with Gasteiger partial charge < -0.3 is 4.74 Å². The third-order valence-corrected chi connectivity index (χ3v) is 4.63. The van der Waals surface area contributed by atoms with Gasteiger partial charge in [0.2, 0.25) is 0 Å². The predicted octanol–water partition coefficient (Wildman–Crippen LogP) is 4.53. The molecule has 0 unspecified atom stereocenters. The van der Waals surface area contributed by atoms with Crippen molar-refractivity contribution in [3.8, 4) is 5.69 Å². The summed E-state index contributed by atoms with van der Waals surface area (Å²) >= 11 is 3.57. The molecule has 0 radical (unpaired) electrons. The zero-order valence-electron chi connectivity index (χ0n) is 14.0. The molecule has 0 N–H and O–H groups in total. The Hall–Kier alpha value is -2.40. The van der Waals surface area contributed by atoms with Crippen LogP contribution in [0.4, 0.5) is 0 Å². The van der Waals surface area contributed by atoms with Gasteiger partial charge in [-0.25, -0.2) is 9.48 Å². The number of esters is 1. The van der Waals surface area contributed by atoms with Gasteiger partial charge in [0.15, 0.2) is 0 Å². The molecule has 3 aromatic rings. The molecule has 0 fully saturated rings. The van der Waals surface area contributed by atoms with Crippen LogP contribution in [0.3, 0.4) is 0 Å². The minimum Gasteiger partial charge on any atom is -0.462 e. The van der Waals surface area contributed by atoms with Crippen LogP contribution in [0.1, 0.15) is 34.0 Å². The van der Waals surface area contributed by atoms with Crippen LogP contribution in [0.2, 0.25) is 0 Å². The van der Waals surface area contributed by atoms with Crippen LogP contribution in [0.5, 0.6) is 0 Å². The van der Waals surface area contributed by atoms with Crippen molar-refractivity contribution >= 4 is 21.9 Å². The van der Waals surface area contributed by atoms with Gasteiger partial charge in [0, 0.05) is 24.1 Å². The summed E-state index contributed by atoms with van der Waals surface area (Å²) in [7, 11) is 0. The Kier molecular flexibility index (Phi) is 5.66. The van der Waals surface area contributed by atoms with E-state index in [1.165, 1.54) is 5.56 Å².